The molecule has 0 aliphatic carbocycles. The van der Waals surface area contributed by atoms with Gasteiger partial charge in [0, 0.05) is 12.6 Å². The summed E-state index contributed by atoms with van der Waals surface area (Å²) in [6, 6.07) is 5.61. The van der Waals surface area contributed by atoms with Crippen molar-refractivity contribution in [3.05, 3.63) is 23.8 Å². The number of amides is 1. The average molecular weight is 294 g/mol. The first-order valence-corrected chi connectivity index (χ1v) is 7.35. The minimum absolute atomic E-state index is 0.124. The molecular weight excluding hydrogens is 268 g/mol. The Bertz CT molecular complexity index is 463. The molecule has 0 fully saturated rings. The largest absolute Gasteiger partial charge is 0.493 e. The number of hydrogen-bond donors (Lipinski definition) is 2. The van der Waals surface area contributed by atoms with Crippen LogP contribution in [-0.2, 0) is 11.3 Å². The lowest BCUT2D eigenvalue weighted by atomic mass is 10.2. The van der Waals surface area contributed by atoms with Crippen LogP contribution in [0.4, 0.5) is 0 Å². The molecule has 0 radical (unpaired) electrons. The maximum absolute atomic E-state index is 12.1. The van der Waals surface area contributed by atoms with Gasteiger partial charge in [-0.1, -0.05) is 19.4 Å². The highest BCUT2D eigenvalue weighted by Crippen LogP contribution is 2.28. The van der Waals surface area contributed by atoms with Crippen LogP contribution in [0.15, 0.2) is 18.2 Å². The van der Waals surface area contributed by atoms with Crippen LogP contribution in [0.1, 0.15) is 39.2 Å². The van der Waals surface area contributed by atoms with Gasteiger partial charge in [0.2, 0.25) is 0 Å². The molecule has 5 nitrogen and oxygen atoms in total. The zero-order chi connectivity index (χ0) is 15.8. The Hall–Kier alpha value is -1.75. The van der Waals surface area contributed by atoms with E-state index < -0.39 is 6.10 Å². The highest BCUT2D eigenvalue weighted by Gasteiger charge is 2.18. The monoisotopic (exact) mass is 294 g/mol. The van der Waals surface area contributed by atoms with Crippen LogP contribution in [0.25, 0.3) is 0 Å². The van der Waals surface area contributed by atoms with Gasteiger partial charge in [-0.15, -0.1) is 0 Å². The Balaban J connectivity index is 2.69. The fraction of sp³-hybridized carbons (Fsp3) is 0.562. The Morgan fingerprint density at radius 1 is 1.33 bits per heavy atom. The van der Waals surface area contributed by atoms with Gasteiger partial charge >= 0.3 is 0 Å². The predicted molar refractivity (Wildman–Crippen MR) is 83.5 cm³/mol. The molecule has 1 aromatic rings. The number of carbonyl (C=O) groups is 1. The fourth-order valence-electron chi connectivity index (χ4n) is 2.05. The second-order valence-electron chi connectivity index (χ2n) is 5.15. The number of benzene rings is 1. The fourth-order valence-corrected chi connectivity index (χ4v) is 2.05. The Morgan fingerprint density at radius 2 is 2.05 bits per heavy atom. The minimum atomic E-state index is -0.582. The van der Waals surface area contributed by atoms with Crippen LogP contribution < -0.4 is 20.5 Å². The van der Waals surface area contributed by atoms with E-state index >= 15 is 0 Å². The summed E-state index contributed by atoms with van der Waals surface area (Å²) in [4.78, 5) is 12.1. The normalized spacial score (nSPS) is 13.4. The van der Waals surface area contributed by atoms with Gasteiger partial charge in [-0.3, -0.25) is 4.79 Å². The molecule has 1 aromatic carbocycles. The molecule has 3 N–H and O–H groups in total. The summed E-state index contributed by atoms with van der Waals surface area (Å²) in [6.07, 6.45) is 1.40. The average Bonchev–Trinajstić information content (AvgIpc) is 2.47. The molecule has 0 aliphatic rings. The van der Waals surface area contributed by atoms with Crippen molar-refractivity contribution in [2.75, 3.05) is 7.11 Å². The molecule has 1 rings (SSSR count). The molecule has 0 bridgehead atoms. The summed E-state index contributed by atoms with van der Waals surface area (Å²) >= 11 is 0. The van der Waals surface area contributed by atoms with Gasteiger partial charge in [0.05, 0.1) is 7.11 Å². The Labute approximate surface area is 126 Å². The summed E-state index contributed by atoms with van der Waals surface area (Å²) in [5, 5.41) is 2.94. The van der Waals surface area contributed by atoms with Gasteiger partial charge in [-0.2, -0.15) is 0 Å². The van der Waals surface area contributed by atoms with Crippen molar-refractivity contribution < 1.29 is 14.3 Å². The molecule has 1 amide bonds. The van der Waals surface area contributed by atoms with Crippen LogP contribution in [0.2, 0.25) is 0 Å². The van der Waals surface area contributed by atoms with E-state index in [9.17, 15) is 4.79 Å². The molecule has 21 heavy (non-hydrogen) atoms. The molecule has 0 saturated carbocycles. The van der Waals surface area contributed by atoms with Gasteiger partial charge in [0.15, 0.2) is 17.6 Å². The van der Waals surface area contributed by atoms with Crippen LogP contribution >= 0.6 is 0 Å². The van der Waals surface area contributed by atoms with E-state index in [4.69, 9.17) is 15.2 Å². The van der Waals surface area contributed by atoms with Gasteiger partial charge in [0.25, 0.3) is 5.91 Å². The van der Waals surface area contributed by atoms with E-state index in [-0.39, 0.29) is 11.9 Å². The molecule has 118 valence electrons. The maximum Gasteiger partial charge on any atom is 0.260 e. The van der Waals surface area contributed by atoms with Gasteiger partial charge < -0.3 is 20.5 Å². The van der Waals surface area contributed by atoms with Crippen molar-refractivity contribution in [3.63, 3.8) is 0 Å². The smallest absolute Gasteiger partial charge is 0.260 e. The lowest BCUT2D eigenvalue weighted by molar-refractivity contribution is -0.127. The Kier molecular flexibility index (Phi) is 7.02. The van der Waals surface area contributed by atoms with Crippen LogP contribution in [0.3, 0.4) is 0 Å². The third-order valence-electron chi connectivity index (χ3n) is 3.25. The number of nitrogens with one attached hydrogen (secondary N) is 1. The molecular formula is C16H26N2O3. The molecule has 0 saturated heterocycles. The second kappa shape index (κ2) is 8.52. The quantitative estimate of drug-likeness (QED) is 0.771. The number of nitrogens with two attached hydrogens (primary N) is 1. The number of methoxy groups -OCH3 is 1. The van der Waals surface area contributed by atoms with Crippen molar-refractivity contribution in [1.29, 1.82) is 0 Å². The first kappa shape index (κ1) is 17.3. The summed E-state index contributed by atoms with van der Waals surface area (Å²) in [5.74, 6) is 1.00. The van der Waals surface area contributed by atoms with E-state index in [0.717, 1.165) is 18.4 Å². The van der Waals surface area contributed by atoms with E-state index in [1.54, 1.807) is 20.1 Å². The van der Waals surface area contributed by atoms with Crippen molar-refractivity contribution in [2.24, 2.45) is 5.73 Å². The summed E-state index contributed by atoms with van der Waals surface area (Å²) < 4.78 is 11.0. The first-order chi connectivity index (χ1) is 10.0. The second-order valence-corrected chi connectivity index (χ2v) is 5.15. The minimum Gasteiger partial charge on any atom is -0.493 e. The molecule has 0 aromatic heterocycles. The van der Waals surface area contributed by atoms with Gasteiger partial charge in [-0.25, -0.2) is 0 Å². The number of ether oxygens (including phenoxy) is 2. The maximum atomic E-state index is 12.1. The third-order valence-corrected chi connectivity index (χ3v) is 3.25. The van der Waals surface area contributed by atoms with E-state index in [2.05, 4.69) is 12.2 Å². The number of carbonyl (C=O) groups excluding carboxylic acids is 1. The first-order valence-electron chi connectivity index (χ1n) is 7.35. The summed E-state index contributed by atoms with van der Waals surface area (Å²) in [7, 11) is 1.57. The topological polar surface area (TPSA) is 73.6 Å². The zero-order valence-corrected chi connectivity index (χ0v) is 13.3. The number of rotatable bonds is 8. The van der Waals surface area contributed by atoms with Crippen LogP contribution in [-0.4, -0.2) is 25.2 Å². The summed E-state index contributed by atoms with van der Waals surface area (Å²) in [6.45, 7) is 6.24. The van der Waals surface area contributed by atoms with Crippen LogP contribution in [0.5, 0.6) is 11.5 Å². The van der Waals surface area contributed by atoms with Gasteiger partial charge in [-0.05, 0) is 38.0 Å². The van der Waals surface area contributed by atoms with Crippen molar-refractivity contribution in [1.82, 2.24) is 5.32 Å². The van der Waals surface area contributed by atoms with Crippen molar-refractivity contribution >= 4 is 5.91 Å². The predicted octanol–water partition coefficient (Wildman–Crippen LogP) is 2.23. The standard InChI is InChI=1S/C16H26N2O3/c1-5-6-11(2)18-16(19)12(3)21-14-8-7-13(10-17)9-15(14)20-4/h7-9,11-12H,5-6,10,17H2,1-4H3,(H,18,19). The number of hydrogen-bond acceptors (Lipinski definition) is 4. The zero-order valence-electron chi connectivity index (χ0n) is 13.3. The molecule has 0 aliphatic heterocycles. The molecule has 2 unspecified atom stereocenters. The van der Waals surface area contributed by atoms with Crippen LogP contribution in [0, 0.1) is 0 Å². The van der Waals surface area contributed by atoms with E-state index in [1.807, 2.05) is 19.1 Å². The third kappa shape index (κ3) is 5.27. The van der Waals surface area contributed by atoms with E-state index in [0.29, 0.717) is 18.0 Å². The van der Waals surface area contributed by atoms with Crippen molar-refractivity contribution in [2.45, 2.75) is 52.3 Å². The highest BCUT2D eigenvalue weighted by atomic mass is 16.5. The lowest BCUT2D eigenvalue weighted by Crippen LogP contribution is -2.41. The lowest BCUT2D eigenvalue weighted by Gasteiger charge is -2.19. The van der Waals surface area contributed by atoms with Crippen molar-refractivity contribution in [3.8, 4) is 11.5 Å². The Morgan fingerprint density at radius 3 is 2.62 bits per heavy atom. The highest BCUT2D eigenvalue weighted by molar-refractivity contribution is 5.81. The molecule has 0 spiro atoms. The molecule has 0 heterocycles. The van der Waals surface area contributed by atoms with E-state index in [1.165, 1.54) is 0 Å². The van der Waals surface area contributed by atoms with Gasteiger partial charge in [0.1, 0.15) is 0 Å². The SMILES string of the molecule is CCCC(C)NC(=O)C(C)Oc1ccc(CN)cc1OC. The summed E-state index contributed by atoms with van der Waals surface area (Å²) in [5.41, 5.74) is 6.55. The molecule has 5 heteroatoms. The molecule has 2 atom stereocenters.